The van der Waals surface area contributed by atoms with Gasteiger partial charge in [-0.1, -0.05) is 0 Å². The summed E-state index contributed by atoms with van der Waals surface area (Å²) < 4.78 is 61.5. The highest BCUT2D eigenvalue weighted by atomic mass is 19.1. The molecule has 31 heavy (non-hydrogen) atoms. The highest BCUT2D eigenvalue weighted by Gasteiger charge is 2.30. The number of carbonyl (C=O) groups is 1. The van der Waals surface area contributed by atoms with E-state index in [1.165, 1.54) is 16.8 Å². The molecule has 10 heteroatoms. The van der Waals surface area contributed by atoms with Crippen LogP contribution in [0.4, 0.5) is 25.1 Å². The fourth-order valence-electron chi connectivity index (χ4n) is 3.96. The van der Waals surface area contributed by atoms with Crippen LogP contribution in [-0.4, -0.2) is 56.3 Å². The molecule has 2 aromatic heterocycles. The third-order valence-corrected chi connectivity index (χ3v) is 5.38. The second kappa shape index (κ2) is 7.77. The van der Waals surface area contributed by atoms with Crippen molar-refractivity contribution in [3.8, 4) is 0 Å². The van der Waals surface area contributed by atoms with Gasteiger partial charge in [0.25, 0.3) is 0 Å². The fourth-order valence-corrected chi connectivity index (χ4v) is 3.96. The molecule has 4 heterocycles. The molecule has 8 nitrogen and oxygen atoms in total. The molecule has 2 aliphatic heterocycles. The number of fused-ring (bicyclic) bond motifs is 1. The van der Waals surface area contributed by atoms with Gasteiger partial charge in [-0.2, -0.15) is 5.10 Å². The summed E-state index contributed by atoms with van der Waals surface area (Å²) in [5.74, 6) is -0.607. The van der Waals surface area contributed by atoms with Gasteiger partial charge in [0, 0.05) is 34.0 Å². The molecule has 2 aliphatic rings. The Morgan fingerprint density at radius 2 is 2.16 bits per heavy atom. The van der Waals surface area contributed by atoms with Crippen molar-refractivity contribution in [1.29, 1.82) is 0 Å². The number of amides is 2. The predicted octanol–water partition coefficient (Wildman–Crippen LogP) is 2.95. The molecule has 2 fully saturated rings. The zero-order valence-electron chi connectivity index (χ0n) is 20.3. The van der Waals surface area contributed by atoms with Gasteiger partial charge in [0.2, 0.25) is 0 Å². The number of aliphatic hydroxyl groups excluding tert-OH is 1. The monoisotopic (exact) mass is 432 g/mol. The number of likely N-dealkylation sites (tertiary alicyclic amines) is 1. The molecule has 162 valence electrons. The number of urea groups is 1. The predicted molar refractivity (Wildman–Crippen MR) is 110 cm³/mol. The summed E-state index contributed by atoms with van der Waals surface area (Å²) in [5, 5.41) is 16.5. The van der Waals surface area contributed by atoms with Crippen molar-refractivity contribution in [2.75, 3.05) is 29.8 Å². The molecule has 2 saturated heterocycles. The van der Waals surface area contributed by atoms with Gasteiger partial charge in [0.05, 0.1) is 21.1 Å². The number of hydrogen-bond acceptors (Lipinski definition) is 5. The van der Waals surface area contributed by atoms with Crippen molar-refractivity contribution >= 4 is 23.2 Å². The third kappa shape index (κ3) is 3.67. The van der Waals surface area contributed by atoms with E-state index in [1.807, 2.05) is 4.90 Å². The minimum Gasteiger partial charge on any atom is -0.391 e. The lowest BCUT2D eigenvalue weighted by atomic mass is 10.0. The normalized spacial score (nSPS) is 26.4. The van der Waals surface area contributed by atoms with E-state index < -0.39 is 49.2 Å². The Morgan fingerprint density at radius 1 is 1.29 bits per heavy atom. The quantitative estimate of drug-likeness (QED) is 0.665. The van der Waals surface area contributed by atoms with Crippen LogP contribution < -0.4 is 10.2 Å². The minimum absolute atomic E-state index is 0.0949. The van der Waals surface area contributed by atoms with Gasteiger partial charge in [0.1, 0.15) is 23.1 Å². The number of hydrogen-bond donors (Lipinski definition) is 2. The van der Waals surface area contributed by atoms with Crippen molar-refractivity contribution in [2.24, 2.45) is 0 Å². The van der Waals surface area contributed by atoms with Crippen LogP contribution in [0.1, 0.15) is 36.4 Å². The summed E-state index contributed by atoms with van der Waals surface area (Å²) >= 11 is 0. The smallest absolute Gasteiger partial charge is 0.322 e. The molecule has 0 saturated carbocycles. The second-order valence-corrected chi connectivity index (χ2v) is 7.40. The van der Waals surface area contributed by atoms with Gasteiger partial charge in [-0.05, 0) is 43.5 Å². The molecule has 2 amide bonds. The van der Waals surface area contributed by atoms with Crippen LogP contribution in [0.5, 0.6) is 0 Å². The molecular weight excluding hydrogens is 406 g/mol. The maximum absolute atomic E-state index is 14.5. The van der Waals surface area contributed by atoms with Crippen molar-refractivity contribution in [3.63, 3.8) is 0 Å². The van der Waals surface area contributed by atoms with Gasteiger partial charge in [-0.25, -0.2) is 23.1 Å². The topological polar surface area (TPSA) is 86.0 Å². The van der Waals surface area contributed by atoms with Crippen LogP contribution in [0.25, 0.3) is 5.65 Å². The number of β-amino-alcohol motifs (C(OH)–C–C–N with tert-alkyl or cyclic N) is 1. The molecule has 5 rings (SSSR count). The molecule has 1 unspecified atom stereocenters. The maximum atomic E-state index is 14.5. The molecule has 0 radical (unpaired) electrons. The van der Waals surface area contributed by atoms with E-state index in [-0.39, 0.29) is 16.9 Å². The van der Waals surface area contributed by atoms with Gasteiger partial charge >= 0.3 is 6.03 Å². The van der Waals surface area contributed by atoms with Crippen molar-refractivity contribution in [1.82, 2.24) is 19.5 Å². The summed E-state index contributed by atoms with van der Waals surface area (Å²) in [5.41, 5.74) is 0.517. The van der Waals surface area contributed by atoms with Crippen LogP contribution >= 0.6 is 0 Å². The number of aromatic nitrogens is 3. The number of nitrogens with zero attached hydrogens (tertiary/aromatic N) is 5. The fraction of sp³-hybridized carbons (Fsp3) is 0.381. The third-order valence-electron chi connectivity index (χ3n) is 5.38. The van der Waals surface area contributed by atoms with Crippen molar-refractivity contribution in [3.05, 3.63) is 53.9 Å². The molecule has 2 N–H and O–H groups in total. The molecular formula is C21H22F2N6O2. The number of nitrogens with one attached hydrogen (secondary N) is 1. The first-order valence-corrected chi connectivity index (χ1v) is 9.84. The number of aliphatic hydroxyl groups is 1. The van der Waals surface area contributed by atoms with E-state index in [2.05, 4.69) is 15.4 Å². The lowest BCUT2D eigenvalue weighted by Crippen LogP contribution is -2.33. The zero-order valence-corrected chi connectivity index (χ0v) is 16.3. The Morgan fingerprint density at radius 3 is 2.97 bits per heavy atom. The van der Waals surface area contributed by atoms with E-state index in [9.17, 15) is 18.7 Å². The number of anilines is 2. The number of carbonyl (C=O) groups excluding carboxylic acids is 1. The number of benzene rings is 1. The molecule has 3 aromatic rings. The van der Waals surface area contributed by atoms with Crippen molar-refractivity contribution < 1.29 is 24.2 Å². The summed E-state index contributed by atoms with van der Waals surface area (Å²) in [7, 11) is 0. The highest BCUT2D eigenvalue weighted by molar-refractivity contribution is 5.93. The Hall–Kier alpha value is -3.27. The van der Waals surface area contributed by atoms with Gasteiger partial charge in [-0.15, -0.1) is 0 Å². The maximum Gasteiger partial charge on any atom is 0.322 e. The van der Waals surface area contributed by atoms with Crippen LogP contribution in [0.15, 0.2) is 36.7 Å². The number of halogens is 2. The van der Waals surface area contributed by atoms with E-state index >= 15 is 0 Å². The Kier molecular flexibility index (Phi) is 3.89. The zero-order chi connectivity index (χ0) is 25.1. The molecule has 0 spiro atoms. The van der Waals surface area contributed by atoms with E-state index in [0.29, 0.717) is 23.7 Å². The molecule has 0 aliphatic carbocycles. The largest absolute Gasteiger partial charge is 0.391 e. The highest BCUT2D eigenvalue weighted by Crippen LogP contribution is 2.37. The van der Waals surface area contributed by atoms with E-state index in [1.54, 1.807) is 12.3 Å². The molecule has 0 bridgehead atoms. The summed E-state index contributed by atoms with van der Waals surface area (Å²) in [6, 6.07) is 3.46. The summed E-state index contributed by atoms with van der Waals surface area (Å²) in [6.45, 7) is -4.48. The van der Waals surface area contributed by atoms with Gasteiger partial charge in [0.15, 0.2) is 5.65 Å². The Labute approximate surface area is 182 Å². The first-order valence-electron chi connectivity index (χ1n) is 11.8. The standard InChI is InChI=1S/C21H22F2N6O2/c22-13-3-4-16(23)15(10-13)18-2-1-7-28(18)19-6-9-29-20(26-19)17(11-24-29)25-21(31)27-8-5-14(30)12-27/h3-4,6,9-11,14,18,30H,1-2,5,7-8,12H2,(H,25,31)/t14-,18?/m0/s1/i8D2,12D2. The summed E-state index contributed by atoms with van der Waals surface area (Å²) in [4.78, 5) is 19.6. The van der Waals surface area contributed by atoms with Gasteiger partial charge in [-0.3, -0.25) is 0 Å². The first kappa shape index (κ1) is 15.5. The Balaban J connectivity index is 1.46. The minimum atomic E-state index is -2.62. The summed E-state index contributed by atoms with van der Waals surface area (Å²) in [6.07, 6.45) is 1.94. The Bertz CT molecular complexity index is 1310. The second-order valence-electron chi connectivity index (χ2n) is 7.40. The van der Waals surface area contributed by atoms with Crippen LogP contribution in [0.3, 0.4) is 0 Å². The van der Waals surface area contributed by atoms with Crippen LogP contribution in [0, 0.1) is 11.6 Å². The lowest BCUT2D eigenvalue weighted by molar-refractivity contribution is 0.176. The van der Waals surface area contributed by atoms with Gasteiger partial charge < -0.3 is 20.2 Å². The molecule has 2 atom stereocenters. The van der Waals surface area contributed by atoms with E-state index in [0.717, 1.165) is 18.6 Å². The lowest BCUT2D eigenvalue weighted by Gasteiger charge is -2.26. The van der Waals surface area contributed by atoms with Crippen LogP contribution in [0.2, 0.25) is 0 Å². The van der Waals surface area contributed by atoms with Crippen LogP contribution in [-0.2, 0) is 0 Å². The van der Waals surface area contributed by atoms with E-state index in [4.69, 9.17) is 5.48 Å². The average Bonchev–Trinajstić information content (AvgIpc) is 3.45. The number of rotatable bonds is 3. The average molecular weight is 432 g/mol. The first-order chi connectivity index (χ1) is 16.5. The van der Waals surface area contributed by atoms with Crippen molar-refractivity contribution in [2.45, 2.75) is 31.4 Å². The molecule has 1 aromatic carbocycles. The SMILES string of the molecule is [2H]C1([2H])C[C@H](O)C([2H])([2H])N1C(=O)Nc1cnn2ccc(N3CCCC3c3cc(F)ccc3F)nc12.